The first-order valence-corrected chi connectivity index (χ1v) is 14.9. The molecule has 1 aliphatic heterocycles. The monoisotopic (exact) mass is 646 g/mol. The highest BCUT2D eigenvalue weighted by atomic mass is 16.5. The van der Waals surface area contributed by atoms with Crippen molar-refractivity contribution < 1.29 is 53.2 Å². The molecule has 2 unspecified atom stereocenters. The summed E-state index contributed by atoms with van der Waals surface area (Å²) in [4.78, 5) is 30.5. The van der Waals surface area contributed by atoms with E-state index >= 15 is 0 Å². The summed E-state index contributed by atoms with van der Waals surface area (Å²) >= 11 is 0. The van der Waals surface area contributed by atoms with Crippen LogP contribution in [0, 0.1) is 0 Å². The second kappa shape index (κ2) is 13.9. The maximum atomic E-state index is 14.1. The van der Waals surface area contributed by atoms with Gasteiger partial charge in [-0.05, 0) is 47.9 Å². The van der Waals surface area contributed by atoms with Gasteiger partial charge in [-0.2, -0.15) is 0 Å². The molecule has 0 fully saturated rings. The normalized spacial score (nSPS) is 17.1. The number of amides is 1. The Labute approximate surface area is 272 Å². The summed E-state index contributed by atoms with van der Waals surface area (Å²) in [5, 5.41) is 23.5. The van der Waals surface area contributed by atoms with Crippen LogP contribution in [0.25, 0.3) is 0 Å². The number of benzene rings is 3. The van der Waals surface area contributed by atoms with Crippen LogP contribution in [0.5, 0.6) is 34.5 Å². The molecule has 2 aliphatic rings. The number of nitrogens with zero attached hydrogens (tertiary/aromatic N) is 1. The van der Waals surface area contributed by atoms with Crippen molar-refractivity contribution >= 4 is 29.0 Å². The number of carboxylic acids is 1. The Morgan fingerprint density at radius 1 is 0.787 bits per heavy atom. The SMILES string of the molecule is COc1cc(C2CC3=[NH+]c4ccccc4N(C(=O)CCC(=O)[O-])C(c4cc(OC)c(OC)c(OC)c4)C3=C(O)C2)cc(OC)c1OC. The van der Waals surface area contributed by atoms with Crippen LogP contribution in [0.3, 0.4) is 0 Å². The van der Waals surface area contributed by atoms with Crippen LogP contribution in [0.1, 0.15) is 48.8 Å². The van der Waals surface area contributed by atoms with Gasteiger partial charge in [-0.25, -0.2) is 4.99 Å². The largest absolute Gasteiger partial charge is 0.550 e. The summed E-state index contributed by atoms with van der Waals surface area (Å²) in [6.07, 6.45) is -0.140. The Morgan fingerprint density at radius 3 is 1.83 bits per heavy atom. The number of rotatable bonds is 11. The summed E-state index contributed by atoms with van der Waals surface area (Å²) in [5.41, 5.74) is 3.65. The molecule has 0 aromatic heterocycles. The molecular formula is C35H38N2O10. The second-order valence-electron chi connectivity index (χ2n) is 11.0. The van der Waals surface area contributed by atoms with Gasteiger partial charge >= 0.3 is 0 Å². The molecule has 3 aromatic rings. The van der Waals surface area contributed by atoms with Crippen LogP contribution >= 0.6 is 0 Å². The lowest BCUT2D eigenvalue weighted by molar-refractivity contribution is -0.354. The minimum absolute atomic E-state index is 0.0433. The molecule has 5 rings (SSSR count). The van der Waals surface area contributed by atoms with Gasteiger partial charge in [0.05, 0.1) is 54.3 Å². The van der Waals surface area contributed by atoms with Gasteiger partial charge < -0.3 is 43.4 Å². The zero-order valence-corrected chi connectivity index (χ0v) is 27.2. The molecule has 12 nitrogen and oxygen atoms in total. The summed E-state index contributed by atoms with van der Waals surface area (Å²) < 4.78 is 33.6. The van der Waals surface area contributed by atoms with E-state index in [0.29, 0.717) is 69.1 Å². The fourth-order valence-corrected chi connectivity index (χ4v) is 6.36. The predicted molar refractivity (Wildman–Crippen MR) is 170 cm³/mol. The lowest BCUT2D eigenvalue weighted by atomic mass is 9.78. The molecule has 0 saturated heterocycles. The third kappa shape index (κ3) is 6.23. The number of anilines is 1. The van der Waals surface area contributed by atoms with Crippen LogP contribution in [0.15, 0.2) is 59.9 Å². The summed E-state index contributed by atoms with van der Waals surface area (Å²) in [6.45, 7) is 0. The number of carbonyl (C=O) groups is 2. The topological polar surface area (TPSA) is 150 Å². The first-order valence-electron chi connectivity index (χ1n) is 14.9. The predicted octanol–water partition coefficient (Wildman–Crippen LogP) is 2.90. The van der Waals surface area contributed by atoms with Gasteiger partial charge in [0.2, 0.25) is 23.1 Å². The van der Waals surface area contributed by atoms with Crippen LogP contribution in [0.2, 0.25) is 0 Å². The van der Waals surface area contributed by atoms with Crippen LogP contribution in [-0.4, -0.2) is 65.4 Å². The minimum atomic E-state index is -1.34. The number of carbonyl (C=O) groups excluding carboxylic acids is 2. The van der Waals surface area contributed by atoms with Crippen molar-refractivity contribution in [3.8, 4) is 34.5 Å². The third-order valence-corrected chi connectivity index (χ3v) is 8.48. The van der Waals surface area contributed by atoms with Crippen LogP contribution < -0.4 is 43.4 Å². The summed E-state index contributed by atoms with van der Waals surface area (Å²) in [6, 6.07) is 13.5. The molecule has 0 spiro atoms. The Hall–Kier alpha value is -5.39. The van der Waals surface area contributed by atoms with E-state index in [1.54, 1.807) is 38.5 Å². The maximum Gasteiger partial charge on any atom is 0.228 e. The lowest BCUT2D eigenvalue weighted by Gasteiger charge is -2.34. The van der Waals surface area contributed by atoms with Gasteiger partial charge in [0.15, 0.2) is 28.7 Å². The van der Waals surface area contributed by atoms with Gasteiger partial charge in [-0.15, -0.1) is 0 Å². The zero-order chi connectivity index (χ0) is 33.8. The molecule has 0 bridgehead atoms. The summed E-state index contributed by atoms with van der Waals surface area (Å²) in [7, 11) is 9.10. The van der Waals surface area contributed by atoms with Crippen LogP contribution in [-0.2, 0) is 9.59 Å². The van der Waals surface area contributed by atoms with Crippen molar-refractivity contribution in [3.05, 3.63) is 71.0 Å². The number of aliphatic hydroxyl groups excluding tert-OH is 1. The number of aliphatic hydroxyl groups is 1. The van der Waals surface area contributed by atoms with Gasteiger partial charge in [-0.1, -0.05) is 12.1 Å². The molecule has 248 valence electrons. The highest BCUT2D eigenvalue weighted by Gasteiger charge is 2.44. The smallest absolute Gasteiger partial charge is 0.228 e. The van der Waals surface area contributed by atoms with Crippen molar-refractivity contribution in [1.29, 1.82) is 0 Å². The van der Waals surface area contributed by atoms with E-state index in [2.05, 4.69) is 4.99 Å². The van der Waals surface area contributed by atoms with Gasteiger partial charge in [-0.3, -0.25) is 9.69 Å². The quantitative estimate of drug-likeness (QED) is 0.318. The summed E-state index contributed by atoms with van der Waals surface area (Å²) in [5.74, 6) is 0.487. The van der Waals surface area contributed by atoms with E-state index in [1.165, 1.54) is 33.3 Å². The lowest BCUT2D eigenvalue weighted by Crippen LogP contribution is -2.67. The number of aliphatic carboxylic acids is 1. The number of nitrogens with one attached hydrogen (secondary N) is 1. The van der Waals surface area contributed by atoms with E-state index in [1.807, 2.05) is 24.3 Å². The highest BCUT2D eigenvalue weighted by Crippen LogP contribution is 2.49. The first-order chi connectivity index (χ1) is 22.7. The Balaban J connectivity index is 1.76. The average Bonchev–Trinajstić information content (AvgIpc) is 3.23. The first kappa shape index (κ1) is 33.0. The number of hydrogen-bond acceptors (Lipinski definition) is 10. The highest BCUT2D eigenvalue weighted by molar-refractivity contribution is 6.06. The van der Waals surface area contributed by atoms with Gasteiger partial charge in [0.1, 0.15) is 11.4 Å². The van der Waals surface area contributed by atoms with Crippen molar-refractivity contribution in [2.24, 2.45) is 0 Å². The number of methoxy groups -OCH3 is 6. The number of hydrogen-bond donors (Lipinski definition) is 2. The molecular weight excluding hydrogens is 608 g/mol. The Kier molecular flexibility index (Phi) is 9.78. The van der Waals surface area contributed by atoms with Crippen LogP contribution in [0.4, 0.5) is 11.4 Å². The van der Waals surface area contributed by atoms with Gasteiger partial charge in [0.25, 0.3) is 0 Å². The fourth-order valence-electron chi connectivity index (χ4n) is 6.36. The molecule has 1 heterocycles. The molecule has 2 N–H and O–H groups in total. The number of fused-ring (bicyclic) bond motifs is 2. The van der Waals surface area contributed by atoms with E-state index in [4.69, 9.17) is 28.4 Å². The third-order valence-electron chi connectivity index (χ3n) is 8.48. The molecule has 0 radical (unpaired) electrons. The van der Waals surface area contributed by atoms with E-state index in [0.717, 1.165) is 5.56 Å². The van der Waals surface area contributed by atoms with Crippen molar-refractivity contribution in [3.63, 3.8) is 0 Å². The number of allylic oxidation sites excluding steroid dienone is 1. The Bertz CT molecular complexity index is 1700. The molecule has 2 atom stereocenters. The van der Waals surface area contributed by atoms with E-state index < -0.39 is 24.3 Å². The van der Waals surface area contributed by atoms with Crippen molar-refractivity contribution in [1.82, 2.24) is 0 Å². The van der Waals surface area contributed by atoms with Gasteiger partial charge in [0, 0.05) is 37.2 Å². The second-order valence-corrected chi connectivity index (χ2v) is 11.0. The number of para-hydroxylation sites is 2. The molecule has 1 aliphatic carbocycles. The number of carboxylic acid groups (broad SMARTS) is 1. The average molecular weight is 647 g/mol. The molecule has 3 aromatic carbocycles. The zero-order valence-electron chi connectivity index (χ0n) is 27.2. The van der Waals surface area contributed by atoms with Crippen molar-refractivity contribution in [2.45, 2.75) is 37.6 Å². The number of ether oxygens (including phenoxy) is 6. The van der Waals surface area contributed by atoms with Crippen molar-refractivity contribution in [2.75, 3.05) is 47.6 Å². The standard InChI is InChI=1S/C35H38N2O10/c1-42-26-15-20(16-27(43-2)34(26)46-5)19-13-23-32(25(38)14-19)33(21-17-28(44-3)35(47-6)29(18-21)45-4)37(30(39)11-12-31(40)41)24-10-8-7-9-22(24)36-23/h7-10,15-19,33,38H,11-14H2,1-6H3,(H,40,41). The maximum absolute atomic E-state index is 14.1. The molecule has 12 heteroatoms. The molecule has 1 amide bonds. The molecule has 0 saturated carbocycles. The minimum Gasteiger partial charge on any atom is -0.550 e. The fraction of sp³-hybridized carbons (Fsp3) is 0.343. The van der Waals surface area contributed by atoms with E-state index in [-0.39, 0.29) is 24.5 Å². The van der Waals surface area contributed by atoms with E-state index in [9.17, 15) is 19.8 Å². The molecule has 47 heavy (non-hydrogen) atoms. The Morgan fingerprint density at radius 2 is 1.32 bits per heavy atom.